The van der Waals surface area contributed by atoms with E-state index in [1.807, 2.05) is 12.1 Å². The van der Waals surface area contributed by atoms with Gasteiger partial charge in [0.2, 0.25) is 0 Å². The highest BCUT2D eigenvalue weighted by molar-refractivity contribution is 9.11. The number of nitrogens with zero attached hydrogens (tertiary/aromatic N) is 1. The summed E-state index contributed by atoms with van der Waals surface area (Å²) in [5.74, 6) is -1.26. The smallest absolute Gasteiger partial charge is 0.352 e. The molecule has 138 valence electrons. The number of thiophene rings is 1. The number of esters is 1. The standard InChI is InChI=1S/C17H14Br2Cl2N2O2S/c1-2-25-17(24)15(22)10(8-18)16(13-5-6-14(19)26-13)23-12-4-3-9(20)7-11(12)21/h3-7,10,22H,2,8H2,1H3. The number of hydrogen-bond acceptors (Lipinski definition) is 5. The lowest BCUT2D eigenvalue weighted by atomic mass is 9.98. The molecular weight excluding hydrogens is 527 g/mol. The molecule has 0 amide bonds. The molecule has 1 aromatic carbocycles. The van der Waals surface area contributed by atoms with E-state index in [9.17, 15) is 4.79 Å². The molecule has 0 saturated carbocycles. The van der Waals surface area contributed by atoms with Gasteiger partial charge in [-0.05, 0) is 53.2 Å². The van der Waals surface area contributed by atoms with Crippen molar-refractivity contribution in [2.45, 2.75) is 6.92 Å². The number of ether oxygens (including phenoxy) is 1. The van der Waals surface area contributed by atoms with E-state index in [1.54, 1.807) is 25.1 Å². The van der Waals surface area contributed by atoms with Crippen LogP contribution < -0.4 is 0 Å². The third-order valence-electron chi connectivity index (χ3n) is 3.30. The molecule has 1 aromatic heterocycles. The van der Waals surface area contributed by atoms with Crippen LogP contribution in [0.2, 0.25) is 10.0 Å². The van der Waals surface area contributed by atoms with Gasteiger partial charge in [-0.1, -0.05) is 39.1 Å². The van der Waals surface area contributed by atoms with E-state index >= 15 is 0 Å². The van der Waals surface area contributed by atoms with Gasteiger partial charge in [-0.15, -0.1) is 11.3 Å². The Morgan fingerprint density at radius 3 is 2.62 bits per heavy atom. The third-order valence-corrected chi connectivity index (χ3v) is 6.14. The minimum absolute atomic E-state index is 0.169. The Morgan fingerprint density at radius 1 is 1.35 bits per heavy atom. The van der Waals surface area contributed by atoms with Gasteiger partial charge in [-0.25, -0.2) is 9.79 Å². The van der Waals surface area contributed by atoms with Crippen molar-refractivity contribution in [3.8, 4) is 0 Å². The van der Waals surface area contributed by atoms with Crippen molar-refractivity contribution >= 4 is 89.5 Å². The maximum atomic E-state index is 12.1. The number of hydrogen-bond donors (Lipinski definition) is 1. The molecule has 26 heavy (non-hydrogen) atoms. The third kappa shape index (κ3) is 5.39. The molecule has 0 aliphatic rings. The van der Waals surface area contributed by atoms with Gasteiger partial charge in [0.05, 0.1) is 37.6 Å². The first-order chi connectivity index (χ1) is 12.4. The number of carbonyl (C=O) groups excluding carboxylic acids is 1. The molecule has 2 aromatic rings. The van der Waals surface area contributed by atoms with E-state index < -0.39 is 11.9 Å². The summed E-state index contributed by atoms with van der Waals surface area (Å²) >= 11 is 20.5. The Bertz CT molecular complexity index is 855. The number of halogens is 4. The zero-order valence-electron chi connectivity index (χ0n) is 13.6. The minimum Gasteiger partial charge on any atom is -0.462 e. The lowest BCUT2D eigenvalue weighted by Gasteiger charge is -2.17. The van der Waals surface area contributed by atoms with Crippen LogP contribution in [0.15, 0.2) is 39.1 Å². The van der Waals surface area contributed by atoms with Crippen LogP contribution in [0.3, 0.4) is 0 Å². The van der Waals surface area contributed by atoms with Crippen molar-refractivity contribution < 1.29 is 9.53 Å². The van der Waals surface area contributed by atoms with E-state index in [0.29, 0.717) is 26.8 Å². The predicted octanol–water partition coefficient (Wildman–Crippen LogP) is 6.53. The fraction of sp³-hybridized carbons (Fsp3) is 0.235. The second kappa shape index (κ2) is 9.99. The first-order valence-electron chi connectivity index (χ1n) is 7.48. The summed E-state index contributed by atoms with van der Waals surface area (Å²) in [6.07, 6.45) is 0. The number of benzene rings is 1. The summed E-state index contributed by atoms with van der Waals surface area (Å²) in [7, 11) is 0. The van der Waals surface area contributed by atoms with Gasteiger partial charge in [0.25, 0.3) is 0 Å². The van der Waals surface area contributed by atoms with Crippen LogP contribution in [-0.2, 0) is 9.53 Å². The molecule has 0 radical (unpaired) electrons. The molecule has 1 heterocycles. The maximum absolute atomic E-state index is 12.1. The first kappa shape index (κ1) is 21.6. The zero-order chi connectivity index (χ0) is 19.3. The van der Waals surface area contributed by atoms with Crippen LogP contribution in [-0.4, -0.2) is 29.3 Å². The molecule has 0 bridgehead atoms. The van der Waals surface area contributed by atoms with Crippen LogP contribution in [0, 0.1) is 11.3 Å². The van der Waals surface area contributed by atoms with E-state index in [4.69, 9.17) is 33.3 Å². The van der Waals surface area contributed by atoms with Crippen LogP contribution in [0.5, 0.6) is 0 Å². The van der Waals surface area contributed by atoms with Gasteiger partial charge < -0.3 is 4.74 Å². The summed E-state index contributed by atoms with van der Waals surface area (Å²) in [6, 6.07) is 8.76. The highest BCUT2D eigenvalue weighted by atomic mass is 79.9. The topological polar surface area (TPSA) is 62.5 Å². The Hall–Kier alpha value is -0.730. The van der Waals surface area contributed by atoms with Gasteiger partial charge in [0.1, 0.15) is 5.71 Å². The first-order valence-corrected chi connectivity index (χ1v) is 11.0. The average molecular weight is 541 g/mol. The van der Waals surface area contributed by atoms with E-state index in [-0.39, 0.29) is 12.3 Å². The maximum Gasteiger partial charge on any atom is 0.352 e. The highest BCUT2D eigenvalue weighted by Gasteiger charge is 2.28. The van der Waals surface area contributed by atoms with E-state index in [0.717, 1.165) is 8.66 Å². The molecule has 1 unspecified atom stereocenters. The van der Waals surface area contributed by atoms with Crippen LogP contribution in [0.1, 0.15) is 11.8 Å². The van der Waals surface area contributed by atoms with Crippen LogP contribution >= 0.6 is 66.4 Å². The van der Waals surface area contributed by atoms with Crippen molar-refractivity contribution in [1.29, 1.82) is 5.41 Å². The van der Waals surface area contributed by atoms with Gasteiger partial charge in [0, 0.05) is 10.4 Å². The molecule has 0 aliphatic heterocycles. The summed E-state index contributed by atoms with van der Waals surface area (Å²) in [4.78, 5) is 17.6. The van der Waals surface area contributed by atoms with Crippen LogP contribution in [0.25, 0.3) is 0 Å². The van der Waals surface area contributed by atoms with Gasteiger partial charge in [-0.2, -0.15) is 0 Å². The number of alkyl halides is 1. The van der Waals surface area contributed by atoms with E-state index in [2.05, 4.69) is 36.9 Å². The quantitative estimate of drug-likeness (QED) is 0.246. The fourth-order valence-electron chi connectivity index (χ4n) is 2.10. The summed E-state index contributed by atoms with van der Waals surface area (Å²) < 4.78 is 5.89. The molecular formula is C17H14Br2Cl2N2O2S. The summed E-state index contributed by atoms with van der Waals surface area (Å²) in [5.41, 5.74) is 0.898. The molecule has 0 fully saturated rings. The molecule has 1 N–H and O–H groups in total. The van der Waals surface area contributed by atoms with Gasteiger partial charge in [-0.3, -0.25) is 5.41 Å². The van der Waals surface area contributed by atoms with E-state index in [1.165, 1.54) is 11.3 Å². The second-order valence-corrected chi connectivity index (χ2v) is 8.99. The highest BCUT2D eigenvalue weighted by Crippen LogP contribution is 2.32. The summed E-state index contributed by atoms with van der Waals surface area (Å²) in [5, 5.41) is 9.48. The second-order valence-electron chi connectivity index (χ2n) is 5.04. The lowest BCUT2D eigenvalue weighted by molar-refractivity contribution is -0.135. The Labute approximate surface area is 182 Å². The Morgan fingerprint density at radius 2 is 2.08 bits per heavy atom. The van der Waals surface area contributed by atoms with Crippen molar-refractivity contribution in [1.82, 2.24) is 0 Å². The van der Waals surface area contributed by atoms with Crippen molar-refractivity contribution in [2.24, 2.45) is 10.9 Å². The number of rotatable bonds is 7. The summed E-state index contributed by atoms with van der Waals surface area (Å²) in [6.45, 7) is 1.91. The number of aliphatic imine (C=N–C) groups is 1. The number of nitrogens with one attached hydrogen (secondary N) is 1. The molecule has 1 atom stereocenters. The monoisotopic (exact) mass is 538 g/mol. The molecule has 2 rings (SSSR count). The minimum atomic E-state index is -0.664. The Balaban J connectivity index is 2.54. The SMILES string of the molecule is CCOC(=O)C(=N)C(CBr)C(=Nc1ccc(Cl)cc1Cl)c1ccc(Br)s1. The molecule has 4 nitrogen and oxygen atoms in total. The normalized spacial score (nSPS) is 12.7. The largest absolute Gasteiger partial charge is 0.462 e. The fourth-order valence-corrected chi connectivity index (χ4v) is 4.61. The molecule has 0 spiro atoms. The number of carbonyl (C=O) groups is 1. The van der Waals surface area contributed by atoms with Crippen molar-refractivity contribution in [2.75, 3.05) is 11.9 Å². The van der Waals surface area contributed by atoms with Crippen molar-refractivity contribution in [3.05, 3.63) is 49.0 Å². The molecule has 0 saturated heterocycles. The van der Waals surface area contributed by atoms with Crippen molar-refractivity contribution in [3.63, 3.8) is 0 Å². The lowest BCUT2D eigenvalue weighted by Crippen LogP contribution is -2.32. The molecule has 0 aliphatic carbocycles. The van der Waals surface area contributed by atoms with Gasteiger partial charge >= 0.3 is 5.97 Å². The van der Waals surface area contributed by atoms with Crippen LogP contribution in [0.4, 0.5) is 5.69 Å². The zero-order valence-corrected chi connectivity index (χ0v) is 19.1. The predicted molar refractivity (Wildman–Crippen MR) is 116 cm³/mol. The van der Waals surface area contributed by atoms with Gasteiger partial charge in [0.15, 0.2) is 0 Å². The average Bonchev–Trinajstić information content (AvgIpc) is 3.02. The Kier molecular flexibility index (Phi) is 8.29. The molecule has 9 heteroatoms.